The molecule has 2 aromatic rings. The first-order valence-electron chi connectivity index (χ1n) is 9.25. The van der Waals surface area contributed by atoms with E-state index in [0.717, 1.165) is 5.56 Å². The van der Waals surface area contributed by atoms with Crippen LogP contribution in [0.1, 0.15) is 11.1 Å². The molecule has 4 N–H and O–H groups in total. The van der Waals surface area contributed by atoms with Crippen LogP contribution in [0.5, 0.6) is 11.5 Å². The first kappa shape index (κ1) is 21.9. The van der Waals surface area contributed by atoms with Crippen molar-refractivity contribution in [3.05, 3.63) is 59.4 Å². The zero-order valence-corrected chi connectivity index (χ0v) is 16.7. The number of halogens is 1. The van der Waals surface area contributed by atoms with Crippen LogP contribution in [0.15, 0.2) is 42.5 Å². The van der Waals surface area contributed by atoms with E-state index in [1.54, 1.807) is 30.0 Å². The van der Waals surface area contributed by atoms with Gasteiger partial charge in [0.05, 0.1) is 6.04 Å². The van der Waals surface area contributed by atoms with Crippen LogP contribution >= 0.6 is 11.8 Å². The molecule has 0 aliphatic carbocycles. The third-order valence-electron chi connectivity index (χ3n) is 4.77. The second-order valence-electron chi connectivity index (χ2n) is 6.90. The van der Waals surface area contributed by atoms with E-state index in [2.05, 4.69) is 5.32 Å². The van der Waals surface area contributed by atoms with Crippen molar-refractivity contribution in [3.8, 4) is 11.5 Å². The van der Waals surface area contributed by atoms with Gasteiger partial charge in [-0.25, -0.2) is 4.39 Å². The largest absolute Gasteiger partial charge is 0.480 e. The van der Waals surface area contributed by atoms with E-state index in [1.807, 2.05) is 12.1 Å². The summed E-state index contributed by atoms with van der Waals surface area (Å²) in [6.07, 6.45) is 0.861. The second kappa shape index (κ2) is 9.84. The lowest BCUT2D eigenvalue weighted by molar-refractivity contribution is -0.138. The van der Waals surface area contributed by atoms with Crippen LogP contribution in [0.3, 0.4) is 0 Å². The first-order valence-corrected chi connectivity index (χ1v) is 10.3. The Labute approximate surface area is 176 Å². The highest BCUT2D eigenvalue weighted by atomic mass is 32.2. The van der Waals surface area contributed by atoms with E-state index in [0.29, 0.717) is 24.3 Å². The number of carbonyl (C=O) groups excluding carboxylic acids is 2. The fourth-order valence-electron chi connectivity index (χ4n) is 3.15. The summed E-state index contributed by atoms with van der Waals surface area (Å²) in [4.78, 5) is 33.3. The van der Waals surface area contributed by atoms with Gasteiger partial charge in [-0.2, -0.15) is 0 Å². The van der Waals surface area contributed by atoms with Gasteiger partial charge in [0.2, 0.25) is 5.78 Å². The Morgan fingerprint density at radius 2 is 1.97 bits per heavy atom. The molecule has 0 saturated carbocycles. The smallest absolute Gasteiger partial charge is 0.320 e. The molecule has 0 spiro atoms. The Morgan fingerprint density at radius 1 is 1.27 bits per heavy atom. The summed E-state index contributed by atoms with van der Waals surface area (Å²) in [5.41, 5.74) is 6.63. The van der Waals surface area contributed by atoms with Gasteiger partial charge >= 0.3 is 5.97 Å². The number of aliphatic carboxylic acids is 1. The number of aldehydes is 1. The highest BCUT2D eigenvalue weighted by Crippen LogP contribution is 2.28. The van der Waals surface area contributed by atoms with Gasteiger partial charge in [0.25, 0.3) is 0 Å². The van der Waals surface area contributed by atoms with Crippen molar-refractivity contribution >= 4 is 29.8 Å². The zero-order chi connectivity index (χ0) is 21.7. The zero-order valence-electron chi connectivity index (χ0n) is 15.9. The van der Waals surface area contributed by atoms with Gasteiger partial charge < -0.3 is 15.6 Å². The van der Waals surface area contributed by atoms with E-state index in [9.17, 15) is 18.8 Å². The van der Waals surface area contributed by atoms with E-state index in [-0.39, 0.29) is 23.0 Å². The number of carboxylic acid groups (broad SMARTS) is 1. The summed E-state index contributed by atoms with van der Waals surface area (Å²) in [5, 5.41) is 11.9. The molecule has 1 saturated heterocycles. The van der Waals surface area contributed by atoms with Crippen molar-refractivity contribution < 1.29 is 28.6 Å². The number of carbonyl (C=O) groups is 3. The van der Waals surface area contributed by atoms with Crippen LogP contribution in [-0.4, -0.2) is 46.4 Å². The Morgan fingerprint density at radius 3 is 2.60 bits per heavy atom. The Hall–Kier alpha value is -2.75. The van der Waals surface area contributed by atoms with E-state index in [1.165, 1.54) is 12.1 Å². The number of carboxylic acids is 1. The van der Waals surface area contributed by atoms with E-state index < -0.39 is 29.7 Å². The van der Waals surface area contributed by atoms with Gasteiger partial charge in [-0.3, -0.25) is 19.7 Å². The monoisotopic (exact) mass is 432 g/mol. The molecular formula is C21H21FN2O5S. The summed E-state index contributed by atoms with van der Waals surface area (Å²) >= 11 is 1.60. The van der Waals surface area contributed by atoms with Crippen molar-refractivity contribution in [1.82, 2.24) is 5.32 Å². The van der Waals surface area contributed by atoms with E-state index >= 15 is 0 Å². The number of ketones is 1. The molecule has 7 nitrogen and oxygen atoms in total. The van der Waals surface area contributed by atoms with Gasteiger partial charge in [0.15, 0.2) is 6.29 Å². The second-order valence-corrected chi connectivity index (χ2v) is 8.13. The van der Waals surface area contributed by atoms with Crippen molar-refractivity contribution in [3.63, 3.8) is 0 Å². The van der Waals surface area contributed by atoms with Gasteiger partial charge in [-0.1, -0.05) is 18.2 Å². The number of ether oxygens (including phenoxy) is 1. The molecule has 3 unspecified atom stereocenters. The number of Topliss-reactive ketones (excluding diaryl/α,β-unsaturated/α-hetero) is 1. The predicted octanol–water partition coefficient (Wildman–Crippen LogP) is 1.91. The fourth-order valence-corrected chi connectivity index (χ4v) is 4.37. The van der Waals surface area contributed by atoms with E-state index in [4.69, 9.17) is 15.6 Å². The summed E-state index contributed by atoms with van der Waals surface area (Å²) in [7, 11) is 0. The topological polar surface area (TPSA) is 119 Å². The number of hydrogen-bond acceptors (Lipinski definition) is 7. The quantitative estimate of drug-likeness (QED) is 0.406. The molecule has 1 aliphatic rings. The summed E-state index contributed by atoms with van der Waals surface area (Å²) < 4.78 is 19.9. The lowest BCUT2D eigenvalue weighted by Gasteiger charge is -2.15. The number of nitrogens with one attached hydrogen (secondary N) is 1. The molecule has 2 aromatic carbocycles. The molecule has 9 heteroatoms. The SMILES string of the molecule is NC(Cc1ccc(Oc2ccc(CC3SCNC3C(=O)C=O)cc2)cc1F)C(=O)O. The van der Waals surface area contributed by atoms with Crippen LogP contribution < -0.4 is 15.8 Å². The van der Waals surface area contributed by atoms with Crippen LogP contribution in [-0.2, 0) is 27.2 Å². The number of rotatable bonds is 9. The molecule has 1 heterocycles. The minimum atomic E-state index is -1.19. The number of benzene rings is 2. The molecule has 158 valence electrons. The molecular weight excluding hydrogens is 411 g/mol. The van der Waals surface area contributed by atoms with Crippen molar-refractivity contribution in [2.24, 2.45) is 5.73 Å². The summed E-state index contributed by atoms with van der Waals surface area (Å²) in [6, 6.07) is 9.74. The van der Waals surface area contributed by atoms with Gasteiger partial charge in [0, 0.05) is 23.6 Å². The Kier molecular flexibility index (Phi) is 7.20. The minimum Gasteiger partial charge on any atom is -0.480 e. The standard InChI is InChI=1S/C21H21FN2O5S/c22-16-9-15(6-3-13(16)8-17(23)21(27)28)29-14-4-1-12(2-5-14)7-19-20(18(26)10-25)24-11-30-19/h1-6,9-10,17,19-20,24H,7-8,11,23H2,(H,27,28). The molecule has 3 rings (SSSR count). The molecule has 0 bridgehead atoms. The number of nitrogens with two attached hydrogens (primary N) is 1. The normalized spacial score (nSPS) is 19.3. The lowest BCUT2D eigenvalue weighted by Crippen LogP contribution is -2.39. The molecule has 30 heavy (non-hydrogen) atoms. The van der Waals surface area contributed by atoms with Crippen molar-refractivity contribution in [2.45, 2.75) is 30.2 Å². The van der Waals surface area contributed by atoms with Crippen LogP contribution in [0.2, 0.25) is 0 Å². The molecule has 3 atom stereocenters. The van der Waals surface area contributed by atoms with Gasteiger partial charge in [0.1, 0.15) is 23.4 Å². The maximum atomic E-state index is 14.2. The summed E-state index contributed by atoms with van der Waals surface area (Å²) in [5.74, 6) is -0.818. The maximum absolute atomic E-state index is 14.2. The number of thioether (sulfide) groups is 1. The minimum absolute atomic E-state index is 0.0201. The molecule has 1 aliphatic heterocycles. The van der Waals surface area contributed by atoms with Crippen LogP contribution in [0, 0.1) is 5.82 Å². The average Bonchev–Trinajstić information content (AvgIpc) is 3.19. The fraction of sp³-hybridized carbons (Fsp3) is 0.286. The maximum Gasteiger partial charge on any atom is 0.320 e. The molecule has 0 amide bonds. The highest BCUT2D eigenvalue weighted by Gasteiger charge is 2.32. The highest BCUT2D eigenvalue weighted by molar-refractivity contribution is 8.00. The number of hydrogen-bond donors (Lipinski definition) is 3. The van der Waals surface area contributed by atoms with Crippen molar-refractivity contribution in [2.75, 3.05) is 5.88 Å². The van der Waals surface area contributed by atoms with Crippen LogP contribution in [0.25, 0.3) is 0 Å². The average molecular weight is 432 g/mol. The van der Waals surface area contributed by atoms with Gasteiger partial charge in [-0.15, -0.1) is 11.8 Å². The molecule has 0 aromatic heterocycles. The Balaban J connectivity index is 1.62. The third kappa shape index (κ3) is 5.44. The third-order valence-corrected chi connectivity index (χ3v) is 5.97. The molecule has 1 fully saturated rings. The summed E-state index contributed by atoms with van der Waals surface area (Å²) in [6.45, 7) is 0. The van der Waals surface area contributed by atoms with Gasteiger partial charge in [-0.05, 0) is 35.7 Å². The predicted molar refractivity (Wildman–Crippen MR) is 110 cm³/mol. The lowest BCUT2D eigenvalue weighted by atomic mass is 10.0. The Bertz CT molecular complexity index is 937. The molecule has 0 radical (unpaired) electrons. The van der Waals surface area contributed by atoms with Crippen molar-refractivity contribution in [1.29, 1.82) is 0 Å². The first-order chi connectivity index (χ1) is 14.4. The van der Waals surface area contributed by atoms with Crippen LogP contribution in [0.4, 0.5) is 4.39 Å².